The van der Waals surface area contributed by atoms with Crippen LogP contribution in [0.15, 0.2) is 72.9 Å². The van der Waals surface area contributed by atoms with E-state index in [4.69, 9.17) is 21.1 Å². The lowest BCUT2D eigenvalue weighted by atomic mass is 10.0. The highest BCUT2D eigenvalue weighted by molar-refractivity contribution is 6.31. The second kappa shape index (κ2) is 10.4. The maximum atomic E-state index is 12.0. The van der Waals surface area contributed by atoms with E-state index >= 15 is 0 Å². The van der Waals surface area contributed by atoms with Gasteiger partial charge in [-0.2, -0.15) is 0 Å². The third-order valence-electron chi connectivity index (χ3n) is 5.55. The summed E-state index contributed by atoms with van der Waals surface area (Å²) in [7, 11) is 1.58. The molecule has 170 valence electrons. The van der Waals surface area contributed by atoms with Gasteiger partial charge in [-0.05, 0) is 23.8 Å². The van der Waals surface area contributed by atoms with E-state index in [-0.39, 0.29) is 6.61 Å². The average Bonchev–Trinajstić information content (AvgIpc) is 3.24. The van der Waals surface area contributed by atoms with Crippen LogP contribution in [0.25, 0.3) is 10.9 Å². The molecule has 0 aliphatic carbocycles. The van der Waals surface area contributed by atoms with E-state index in [2.05, 4.69) is 10.3 Å². The van der Waals surface area contributed by atoms with E-state index in [0.717, 1.165) is 27.6 Å². The molecule has 0 bridgehead atoms. The Hall–Kier alpha value is -3.48. The second-order valence-corrected chi connectivity index (χ2v) is 8.07. The molecule has 4 aromatic rings. The van der Waals surface area contributed by atoms with Gasteiger partial charge in [0.1, 0.15) is 12.6 Å². The van der Waals surface area contributed by atoms with Crippen LogP contribution in [0.5, 0.6) is 11.5 Å². The Kier molecular flexibility index (Phi) is 7.17. The minimum Gasteiger partial charge on any atom is -0.493 e. The topological polar surface area (TPSA) is 83.6 Å². The Morgan fingerprint density at radius 1 is 1.03 bits per heavy atom. The van der Waals surface area contributed by atoms with Crippen LogP contribution in [0.1, 0.15) is 16.7 Å². The number of halogens is 1. The predicted molar refractivity (Wildman–Crippen MR) is 129 cm³/mol. The Morgan fingerprint density at radius 2 is 1.79 bits per heavy atom. The van der Waals surface area contributed by atoms with Gasteiger partial charge in [-0.3, -0.25) is 10.1 Å². The molecule has 1 heterocycles. The van der Waals surface area contributed by atoms with Gasteiger partial charge in [0, 0.05) is 46.2 Å². The van der Waals surface area contributed by atoms with Gasteiger partial charge in [0.15, 0.2) is 11.5 Å². The monoisotopic (exact) mass is 464 g/mol. The van der Waals surface area contributed by atoms with Crippen LogP contribution in [0, 0.1) is 0 Å². The summed E-state index contributed by atoms with van der Waals surface area (Å²) < 4.78 is 11.6. The molecule has 0 aliphatic heterocycles. The summed E-state index contributed by atoms with van der Waals surface area (Å²) in [5, 5.41) is 14.6. The van der Waals surface area contributed by atoms with Gasteiger partial charge in [0.05, 0.1) is 7.11 Å². The zero-order valence-corrected chi connectivity index (χ0v) is 18.9. The first-order chi connectivity index (χ1) is 16.1. The van der Waals surface area contributed by atoms with Crippen LogP contribution in [0.3, 0.4) is 0 Å². The molecule has 1 aromatic heterocycles. The molecular formula is C26H25ClN2O4. The maximum absolute atomic E-state index is 12.0. The molecule has 33 heavy (non-hydrogen) atoms. The van der Waals surface area contributed by atoms with E-state index in [9.17, 15) is 9.90 Å². The lowest BCUT2D eigenvalue weighted by molar-refractivity contribution is -0.139. The third kappa shape index (κ3) is 5.30. The first kappa shape index (κ1) is 22.7. The van der Waals surface area contributed by atoms with E-state index in [0.29, 0.717) is 29.5 Å². The molecule has 1 atom stereocenters. The van der Waals surface area contributed by atoms with E-state index < -0.39 is 12.0 Å². The Labute approximate surface area is 197 Å². The standard InChI is InChI=1S/C26H25ClN2O4/c1-32-24-12-6-8-17(25(24)33-16-18-7-2-4-10-21(18)27)14-29-23(26(30)31)13-19-15-28-22-11-5-3-9-20(19)22/h2-12,15,23,28-29H,13-14,16H2,1H3,(H,30,31). The lowest BCUT2D eigenvalue weighted by Crippen LogP contribution is -2.38. The van der Waals surface area contributed by atoms with Crippen LogP contribution in [0.2, 0.25) is 5.02 Å². The Morgan fingerprint density at radius 3 is 2.58 bits per heavy atom. The van der Waals surface area contributed by atoms with Crippen molar-refractivity contribution in [3.8, 4) is 11.5 Å². The van der Waals surface area contributed by atoms with Crippen molar-refractivity contribution in [3.05, 3.63) is 94.6 Å². The molecule has 0 radical (unpaired) electrons. The van der Waals surface area contributed by atoms with Crippen LogP contribution in [0.4, 0.5) is 0 Å². The highest BCUT2D eigenvalue weighted by Gasteiger charge is 2.21. The van der Waals surface area contributed by atoms with Gasteiger partial charge < -0.3 is 19.6 Å². The summed E-state index contributed by atoms with van der Waals surface area (Å²) >= 11 is 6.26. The number of para-hydroxylation sites is 2. The summed E-state index contributed by atoms with van der Waals surface area (Å²) in [5.41, 5.74) is 3.59. The van der Waals surface area contributed by atoms with Crippen LogP contribution in [-0.4, -0.2) is 29.2 Å². The fourth-order valence-corrected chi connectivity index (χ4v) is 3.98. The number of rotatable bonds is 10. The molecule has 7 heteroatoms. The zero-order valence-electron chi connectivity index (χ0n) is 18.2. The van der Waals surface area contributed by atoms with Crippen LogP contribution < -0.4 is 14.8 Å². The quantitative estimate of drug-likeness (QED) is 0.300. The summed E-state index contributed by atoms with van der Waals surface area (Å²) in [6.45, 7) is 0.569. The number of fused-ring (bicyclic) bond motifs is 1. The molecule has 0 fully saturated rings. The van der Waals surface area contributed by atoms with E-state index in [1.165, 1.54) is 0 Å². The van der Waals surface area contributed by atoms with Crippen molar-refractivity contribution < 1.29 is 19.4 Å². The average molecular weight is 465 g/mol. The molecule has 0 spiro atoms. The Balaban J connectivity index is 1.51. The minimum atomic E-state index is -0.915. The van der Waals surface area contributed by atoms with Gasteiger partial charge in [0.25, 0.3) is 0 Å². The number of carbonyl (C=O) groups is 1. The molecule has 6 nitrogen and oxygen atoms in total. The van der Waals surface area contributed by atoms with Crippen LogP contribution in [-0.2, 0) is 24.4 Å². The van der Waals surface area contributed by atoms with Gasteiger partial charge in [0.2, 0.25) is 0 Å². The summed E-state index contributed by atoms with van der Waals surface area (Å²) in [6.07, 6.45) is 2.21. The molecule has 0 aliphatic rings. The largest absolute Gasteiger partial charge is 0.493 e. The normalized spacial score (nSPS) is 11.9. The van der Waals surface area contributed by atoms with Crippen molar-refractivity contribution >= 4 is 28.5 Å². The van der Waals surface area contributed by atoms with Crippen molar-refractivity contribution in [2.75, 3.05) is 7.11 Å². The van der Waals surface area contributed by atoms with Gasteiger partial charge in [-0.25, -0.2) is 0 Å². The highest BCUT2D eigenvalue weighted by atomic mass is 35.5. The van der Waals surface area contributed by atoms with Crippen molar-refractivity contribution in [3.63, 3.8) is 0 Å². The van der Waals surface area contributed by atoms with Crippen molar-refractivity contribution in [2.45, 2.75) is 25.6 Å². The maximum Gasteiger partial charge on any atom is 0.321 e. The van der Waals surface area contributed by atoms with Crippen molar-refractivity contribution in [2.24, 2.45) is 0 Å². The number of carboxylic acids is 1. The minimum absolute atomic E-state index is 0.269. The molecular weight excluding hydrogens is 440 g/mol. The molecule has 1 unspecified atom stereocenters. The molecule has 3 aromatic carbocycles. The number of methoxy groups -OCH3 is 1. The number of hydrogen-bond donors (Lipinski definition) is 3. The number of nitrogens with one attached hydrogen (secondary N) is 2. The molecule has 0 amide bonds. The molecule has 3 N–H and O–H groups in total. The number of benzene rings is 3. The van der Waals surface area contributed by atoms with Crippen LogP contribution >= 0.6 is 11.6 Å². The number of ether oxygens (including phenoxy) is 2. The Bertz CT molecular complexity index is 1250. The fourth-order valence-electron chi connectivity index (χ4n) is 3.79. The lowest BCUT2D eigenvalue weighted by Gasteiger charge is -2.18. The summed E-state index contributed by atoms with van der Waals surface area (Å²) in [4.78, 5) is 15.2. The smallest absolute Gasteiger partial charge is 0.321 e. The molecule has 0 saturated carbocycles. The fraction of sp³-hybridized carbons (Fsp3) is 0.192. The van der Waals surface area contributed by atoms with Crippen molar-refractivity contribution in [1.29, 1.82) is 0 Å². The predicted octanol–water partition coefficient (Wildman–Crippen LogP) is 5.19. The first-order valence-corrected chi connectivity index (χ1v) is 11.0. The van der Waals surface area contributed by atoms with E-state index in [1.807, 2.05) is 72.9 Å². The van der Waals surface area contributed by atoms with E-state index in [1.54, 1.807) is 7.11 Å². The number of aromatic amines is 1. The van der Waals surface area contributed by atoms with Crippen molar-refractivity contribution in [1.82, 2.24) is 10.3 Å². The number of aromatic nitrogens is 1. The van der Waals surface area contributed by atoms with Gasteiger partial charge >= 0.3 is 5.97 Å². The number of aliphatic carboxylic acids is 1. The number of hydrogen-bond acceptors (Lipinski definition) is 4. The third-order valence-corrected chi connectivity index (χ3v) is 5.91. The number of carboxylic acid groups (broad SMARTS) is 1. The summed E-state index contributed by atoms with van der Waals surface area (Å²) in [6, 6.07) is 20.1. The first-order valence-electron chi connectivity index (χ1n) is 10.6. The number of H-pyrrole nitrogens is 1. The van der Waals surface area contributed by atoms with Gasteiger partial charge in [-0.15, -0.1) is 0 Å². The zero-order chi connectivity index (χ0) is 23.2. The molecule has 0 saturated heterocycles. The molecule has 4 rings (SSSR count). The summed E-state index contributed by atoms with van der Waals surface area (Å²) in [5.74, 6) is 0.218. The SMILES string of the molecule is COc1cccc(CNC(Cc2c[nH]c3ccccc23)C(=O)O)c1OCc1ccccc1Cl. The van der Waals surface area contributed by atoms with Gasteiger partial charge in [-0.1, -0.05) is 60.1 Å². The highest BCUT2D eigenvalue weighted by Crippen LogP contribution is 2.32. The second-order valence-electron chi connectivity index (χ2n) is 7.66.